The first-order chi connectivity index (χ1) is 9.24. The molecule has 0 aliphatic heterocycles. The van der Waals surface area contributed by atoms with Crippen LogP contribution in [0.1, 0.15) is 34.3 Å². The summed E-state index contributed by atoms with van der Waals surface area (Å²) in [6.07, 6.45) is 3.01. The molecule has 2 aromatic rings. The lowest BCUT2D eigenvalue weighted by molar-refractivity contribution is 0.469. The average molecular weight is 274 g/mol. The molecule has 1 aromatic heterocycles. The van der Waals surface area contributed by atoms with Crippen molar-refractivity contribution >= 4 is 11.3 Å². The van der Waals surface area contributed by atoms with Gasteiger partial charge in [0.15, 0.2) is 0 Å². The van der Waals surface area contributed by atoms with Crippen LogP contribution in [0, 0.1) is 6.92 Å². The molecule has 2 N–H and O–H groups in total. The second-order valence-electron chi connectivity index (χ2n) is 5.00. The van der Waals surface area contributed by atoms with Gasteiger partial charge < -0.3 is 10.4 Å². The number of aromatic nitrogens is 1. The van der Waals surface area contributed by atoms with Gasteiger partial charge in [0.05, 0.1) is 10.7 Å². The third kappa shape index (κ3) is 2.65. The molecule has 0 saturated heterocycles. The minimum Gasteiger partial charge on any atom is -0.508 e. The molecule has 4 heteroatoms. The van der Waals surface area contributed by atoms with Crippen molar-refractivity contribution in [3.63, 3.8) is 0 Å². The SMILES string of the molecule is Cc1nc(CCNC2CCc3c(O)cccc32)cs1. The van der Waals surface area contributed by atoms with E-state index in [1.54, 1.807) is 17.4 Å². The number of rotatable bonds is 4. The van der Waals surface area contributed by atoms with Gasteiger partial charge in [-0.1, -0.05) is 12.1 Å². The van der Waals surface area contributed by atoms with Crippen LogP contribution in [0.2, 0.25) is 0 Å². The highest BCUT2D eigenvalue weighted by molar-refractivity contribution is 7.09. The van der Waals surface area contributed by atoms with Crippen molar-refractivity contribution in [1.82, 2.24) is 10.3 Å². The maximum atomic E-state index is 9.82. The van der Waals surface area contributed by atoms with Gasteiger partial charge in [-0.15, -0.1) is 11.3 Å². The Balaban J connectivity index is 1.59. The van der Waals surface area contributed by atoms with Crippen molar-refractivity contribution < 1.29 is 5.11 Å². The standard InChI is InChI=1S/C15H18N2OS/c1-10-17-11(9-19-10)7-8-16-14-6-5-13-12(14)3-2-4-15(13)18/h2-4,9,14,16,18H,5-8H2,1H3. The van der Waals surface area contributed by atoms with Gasteiger partial charge >= 0.3 is 0 Å². The summed E-state index contributed by atoms with van der Waals surface area (Å²) in [7, 11) is 0. The van der Waals surface area contributed by atoms with Gasteiger partial charge in [-0.2, -0.15) is 0 Å². The highest BCUT2D eigenvalue weighted by Crippen LogP contribution is 2.36. The van der Waals surface area contributed by atoms with Crippen LogP contribution in [0.3, 0.4) is 0 Å². The third-order valence-corrected chi connectivity index (χ3v) is 4.51. The van der Waals surface area contributed by atoms with Crippen molar-refractivity contribution in [3.05, 3.63) is 45.4 Å². The highest BCUT2D eigenvalue weighted by Gasteiger charge is 2.23. The van der Waals surface area contributed by atoms with Crippen molar-refractivity contribution in [1.29, 1.82) is 0 Å². The summed E-state index contributed by atoms with van der Waals surface area (Å²) in [4.78, 5) is 4.47. The molecule has 1 aliphatic carbocycles. The number of fused-ring (bicyclic) bond motifs is 1. The fourth-order valence-electron chi connectivity index (χ4n) is 2.74. The molecule has 0 radical (unpaired) electrons. The Morgan fingerprint density at radius 3 is 3.16 bits per heavy atom. The normalized spacial score (nSPS) is 17.6. The molecule has 1 heterocycles. The molecule has 0 fully saturated rings. The minimum absolute atomic E-state index is 0.377. The number of phenolic OH excluding ortho intramolecular Hbond substituents is 1. The Bertz CT molecular complexity index is 579. The quantitative estimate of drug-likeness (QED) is 0.901. The summed E-state index contributed by atoms with van der Waals surface area (Å²) in [6.45, 7) is 2.97. The summed E-state index contributed by atoms with van der Waals surface area (Å²) < 4.78 is 0. The van der Waals surface area contributed by atoms with Crippen molar-refractivity contribution in [2.75, 3.05) is 6.54 Å². The van der Waals surface area contributed by atoms with E-state index in [9.17, 15) is 5.11 Å². The average Bonchev–Trinajstić information content (AvgIpc) is 2.98. The van der Waals surface area contributed by atoms with E-state index in [0.717, 1.165) is 36.4 Å². The van der Waals surface area contributed by atoms with Crippen LogP contribution < -0.4 is 5.32 Å². The van der Waals surface area contributed by atoms with Gasteiger partial charge in [-0.25, -0.2) is 4.98 Å². The molecule has 1 aromatic carbocycles. The number of phenols is 1. The summed E-state index contributed by atoms with van der Waals surface area (Å²) >= 11 is 1.71. The van der Waals surface area contributed by atoms with Gasteiger partial charge in [0.1, 0.15) is 5.75 Å². The smallest absolute Gasteiger partial charge is 0.119 e. The predicted octanol–water partition coefficient (Wildman–Crippen LogP) is 2.98. The maximum Gasteiger partial charge on any atom is 0.119 e. The van der Waals surface area contributed by atoms with Crippen molar-refractivity contribution in [3.8, 4) is 5.75 Å². The number of benzene rings is 1. The van der Waals surface area contributed by atoms with E-state index in [-0.39, 0.29) is 0 Å². The van der Waals surface area contributed by atoms with E-state index >= 15 is 0 Å². The first kappa shape index (κ1) is 12.6. The van der Waals surface area contributed by atoms with E-state index in [0.29, 0.717) is 11.8 Å². The Morgan fingerprint density at radius 2 is 2.37 bits per heavy atom. The molecule has 1 atom stereocenters. The van der Waals surface area contributed by atoms with Gasteiger partial charge in [-0.3, -0.25) is 0 Å². The first-order valence-electron chi connectivity index (χ1n) is 6.69. The van der Waals surface area contributed by atoms with Crippen LogP contribution in [0.5, 0.6) is 5.75 Å². The molecule has 100 valence electrons. The largest absolute Gasteiger partial charge is 0.508 e. The molecule has 3 rings (SSSR count). The van der Waals surface area contributed by atoms with Gasteiger partial charge in [-0.05, 0) is 37.0 Å². The Hall–Kier alpha value is -1.39. The molecule has 1 aliphatic rings. The molecule has 0 spiro atoms. The summed E-state index contributed by atoms with van der Waals surface area (Å²) in [5.41, 5.74) is 3.54. The van der Waals surface area contributed by atoms with Crippen LogP contribution in [-0.2, 0) is 12.8 Å². The van der Waals surface area contributed by atoms with E-state index in [2.05, 4.69) is 21.7 Å². The number of aryl methyl sites for hydroxylation is 1. The van der Waals surface area contributed by atoms with Crippen molar-refractivity contribution in [2.45, 2.75) is 32.2 Å². The summed E-state index contributed by atoms with van der Waals surface area (Å²) in [5, 5.41) is 16.7. The zero-order chi connectivity index (χ0) is 13.2. The van der Waals surface area contributed by atoms with Crippen molar-refractivity contribution in [2.24, 2.45) is 0 Å². The zero-order valence-electron chi connectivity index (χ0n) is 11.0. The Labute approximate surface area is 117 Å². The van der Waals surface area contributed by atoms with Crippen LogP contribution in [0.25, 0.3) is 0 Å². The molecule has 0 bridgehead atoms. The second kappa shape index (κ2) is 5.31. The second-order valence-corrected chi connectivity index (χ2v) is 6.06. The molecule has 3 nitrogen and oxygen atoms in total. The maximum absolute atomic E-state index is 9.82. The molecule has 0 amide bonds. The van der Waals surface area contributed by atoms with E-state index in [4.69, 9.17) is 0 Å². The monoisotopic (exact) mass is 274 g/mol. The van der Waals surface area contributed by atoms with Crippen LogP contribution in [-0.4, -0.2) is 16.6 Å². The van der Waals surface area contributed by atoms with E-state index < -0.39 is 0 Å². The predicted molar refractivity (Wildman–Crippen MR) is 77.7 cm³/mol. The number of nitrogens with one attached hydrogen (secondary N) is 1. The Morgan fingerprint density at radius 1 is 1.47 bits per heavy atom. The Kier molecular flexibility index (Phi) is 3.53. The number of aromatic hydroxyl groups is 1. The number of nitrogens with zero attached hydrogens (tertiary/aromatic N) is 1. The zero-order valence-corrected chi connectivity index (χ0v) is 11.8. The number of thiazole rings is 1. The van der Waals surface area contributed by atoms with Crippen LogP contribution in [0.4, 0.5) is 0 Å². The van der Waals surface area contributed by atoms with Gasteiger partial charge in [0.2, 0.25) is 0 Å². The lowest BCUT2D eigenvalue weighted by atomic mass is 10.1. The minimum atomic E-state index is 0.377. The van der Waals surface area contributed by atoms with E-state index in [1.165, 1.54) is 11.3 Å². The third-order valence-electron chi connectivity index (χ3n) is 3.68. The topological polar surface area (TPSA) is 45.2 Å². The molecule has 1 unspecified atom stereocenters. The molecular weight excluding hydrogens is 256 g/mol. The van der Waals surface area contributed by atoms with Crippen LogP contribution >= 0.6 is 11.3 Å². The number of hydrogen-bond acceptors (Lipinski definition) is 4. The lowest BCUT2D eigenvalue weighted by Gasteiger charge is -2.13. The molecule has 0 saturated carbocycles. The van der Waals surface area contributed by atoms with Crippen LogP contribution in [0.15, 0.2) is 23.6 Å². The van der Waals surface area contributed by atoms with Gasteiger partial charge in [0, 0.05) is 24.4 Å². The fourth-order valence-corrected chi connectivity index (χ4v) is 3.39. The molecular formula is C15H18N2OS. The van der Waals surface area contributed by atoms with Gasteiger partial charge in [0.25, 0.3) is 0 Å². The first-order valence-corrected chi connectivity index (χ1v) is 7.57. The molecule has 19 heavy (non-hydrogen) atoms. The van der Waals surface area contributed by atoms with E-state index in [1.807, 2.05) is 13.0 Å². The number of hydrogen-bond donors (Lipinski definition) is 2. The fraction of sp³-hybridized carbons (Fsp3) is 0.400. The lowest BCUT2D eigenvalue weighted by Crippen LogP contribution is -2.22. The summed E-state index contributed by atoms with van der Waals surface area (Å²) in [5.74, 6) is 0.442. The summed E-state index contributed by atoms with van der Waals surface area (Å²) in [6, 6.07) is 6.20. The highest BCUT2D eigenvalue weighted by atomic mass is 32.1.